The highest BCUT2D eigenvalue weighted by Crippen LogP contribution is 2.39. The van der Waals surface area contributed by atoms with E-state index in [1.165, 1.54) is 22.5 Å². The number of methoxy groups -OCH3 is 2. The number of carbonyl (C=O) groups is 1. The molecule has 0 unspecified atom stereocenters. The minimum Gasteiger partial charge on any atom is -0.496 e. The molecular formula is C31H38N2O4S. The van der Waals surface area contributed by atoms with Crippen LogP contribution in [0.25, 0.3) is 10.4 Å². The molecule has 1 saturated carbocycles. The summed E-state index contributed by atoms with van der Waals surface area (Å²) in [4.78, 5) is 21.3. The Kier molecular flexibility index (Phi) is 8.65. The van der Waals surface area contributed by atoms with Crippen LogP contribution in [0.2, 0.25) is 0 Å². The zero-order valence-electron chi connectivity index (χ0n) is 22.7. The molecule has 2 aromatic carbocycles. The first kappa shape index (κ1) is 26.7. The van der Waals surface area contributed by atoms with Crippen molar-refractivity contribution in [2.75, 3.05) is 38.9 Å². The molecule has 1 aliphatic carbocycles. The molecule has 0 radical (unpaired) electrons. The summed E-state index contributed by atoms with van der Waals surface area (Å²) in [6, 6.07) is 14.9. The van der Waals surface area contributed by atoms with Crippen LogP contribution in [0.1, 0.15) is 55.6 Å². The maximum Gasteiger partial charge on any atom is 0.273 e. The van der Waals surface area contributed by atoms with Crippen molar-refractivity contribution in [1.82, 2.24) is 4.98 Å². The number of anilines is 1. The molecule has 6 nitrogen and oxygen atoms in total. The highest BCUT2D eigenvalue weighted by Gasteiger charge is 2.31. The van der Waals surface area contributed by atoms with Gasteiger partial charge in [0.1, 0.15) is 5.75 Å². The lowest BCUT2D eigenvalue weighted by atomic mass is 9.78. The zero-order valence-corrected chi connectivity index (χ0v) is 23.5. The lowest BCUT2D eigenvalue weighted by molar-refractivity contribution is -0.125. The van der Waals surface area contributed by atoms with Crippen LogP contribution in [0, 0.1) is 18.8 Å². The van der Waals surface area contributed by atoms with Gasteiger partial charge in [-0.15, -0.1) is 0 Å². The minimum atomic E-state index is 0.0227. The topological polar surface area (TPSA) is 60.9 Å². The Morgan fingerprint density at radius 3 is 2.50 bits per heavy atom. The van der Waals surface area contributed by atoms with E-state index in [-0.39, 0.29) is 11.8 Å². The highest BCUT2D eigenvalue weighted by molar-refractivity contribution is 7.16. The number of amides is 1. The standard InChI is InChI=1S/C31H38N2O4S/c1-21-17-25(11-12-28(21)35-2)23-9-7-22(8-10-23)20-33(30(34)24-13-15-37-16-14-24)27-6-4-5-26(18-27)29-19-32-31(36-3)38-29/h4-6,11-12,17-19,22-24H,7-10,13-16,20H2,1-3H3/t22-,23-. The van der Waals surface area contributed by atoms with Crippen molar-refractivity contribution in [1.29, 1.82) is 0 Å². The largest absolute Gasteiger partial charge is 0.496 e. The number of benzene rings is 2. The van der Waals surface area contributed by atoms with Gasteiger partial charge in [-0.2, -0.15) is 0 Å². The Morgan fingerprint density at radius 2 is 1.82 bits per heavy atom. The summed E-state index contributed by atoms with van der Waals surface area (Å²) in [6.45, 7) is 4.21. The first-order chi connectivity index (χ1) is 18.6. The van der Waals surface area contributed by atoms with Gasteiger partial charge in [0.15, 0.2) is 0 Å². The van der Waals surface area contributed by atoms with Gasteiger partial charge in [0.2, 0.25) is 5.91 Å². The second-order valence-corrected chi connectivity index (χ2v) is 11.5. The first-order valence-corrected chi connectivity index (χ1v) is 14.5. The molecule has 0 spiro atoms. The van der Waals surface area contributed by atoms with Crippen LogP contribution in [0.3, 0.4) is 0 Å². The van der Waals surface area contributed by atoms with Crippen molar-refractivity contribution in [3.63, 3.8) is 0 Å². The summed E-state index contributed by atoms with van der Waals surface area (Å²) in [6.07, 6.45) is 7.98. The van der Waals surface area contributed by atoms with Gasteiger partial charge in [-0.1, -0.05) is 35.6 Å². The third-order valence-electron chi connectivity index (χ3n) is 8.12. The molecule has 38 heavy (non-hydrogen) atoms. The molecule has 1 saturated heterocycles. The van der Waals surface area contributed by atoms with Crippen LogP contribution in [0.15, 0.2) is 48.7 Å². The van der Waals surface area contributed by atoms with E-state index >= 15 is 0 Å². The molecule has 2 aliphatic rings. The number of hydrogen-bond acceptors (Lipinski definition) is 6. The number of carbonyl (C=O) groups excluding carboxylic acids is 1. The molecule has 1 aromatic heterocycles. The van der Waals surface area contributed by atoms with Crippen molar-refractivity contribution in [2.45, 2.75) is 51.4 Å². The molecule has 0 atom stereocenters. The maximum absolute atomic E-state index is 13.9. The van der Waals surface area contributed by atoms with Gasteiger partial charge in [0.25, 0.3) is 5.19 Å². The lowest BCUT2D eigenvalue weighted by Gasteiger charge is -2.35. The Hall–Kier alpha value is -2.90. The Bertz CT molecular complexity index is 1230. The van der Waals surface area contributed by atoms with E-state index in [1.807, 2.05) is 12.3 Å². The fraction of sp³-hybridized carbons (Fsp3) is 0.484. The summed E-state index contributed by atoms with van der Waals surface area (Å²) in [7, 11) is 3.36. The maximum atomic E-state index is 13.9. The predicted molar refractivity (Wildman–Crippen MR) is 152 cm³/mol. The molecular weight excluding hydrogens is 496 g/mol. The molecule has 5 rings (SSSR count). The molecule has 2 heterocycles. The van der Waals surface area contributed by atoms with Gasteiger partial charge in [-0.25, -0.2) is 4.98 Å². The highest BCUT2D eigenvalue weighted by atomic mass is 32.1. The summed E-state index contributed by atoms with van der Waals surface area (Å²) < 4.78 is 16.3. The van der Waals surface area contributed by atoms with Crippen LogP contribution in [0.5, 0.6) is 10.9 Å². The van der Waals surface area contributed by atoms with Gasteiger partial charge in [-0.05, 0) is 92.2 Å². The van der Waals surface area contributed by atoms with Crippen LogP contribution >= 0.6 is 11.3 Å². The van der Waals surface area contributed by atoms with E-state index in [0.717, 1.165) is 66.9 Å². The first-order valence-electron chi connectivity index (χ1n) is 13.7. The number of hydrogen-bond donors (Lipinski definition) is 0. The van der Waals surface area contributed by atoms with Gasteiger partial charge < -0.3 is 19.1 Å². The van der Waals surface area contributed by atoms with Crippen molar-refractivity contribution < 1.29 is 19.0 Å². The van der Waals surface area contributed by atoms with E-state index in [0.29, 0.717) is 30.2 Å². The van der Waals surface area contributed by atoms with Gasteiger partial charge >= 0.3 is 0 Å². The zero-order chi connectivity index (χ0) is 26.5. The van der Waals surface area contributed by atoms with Crippen molar-refractivity contribution >= 4 is 22.9 Å². The molecule has 3 aromatic rings. The van der Waals surface area contributed by atoms with Crippen molar-refractivity contribution in [3.05, 3.63) is 59.8 Å². The number of nitrogens with zero attached hydrogens (tertiary/aromatic N) is 2. The van der Waals surface area contributed by atoms with Gasteiger partial charge in [0.05, 0.1) is 19.1 Å². The lowest BCUT2D eigenvalue weighted by Crippen LogP contribution is -2.42. The quantitative estimate of drug-likeness (QED) is 0.316. The molecule has 2 fully saturated rings. The Balaban J connectivity index is 1.33. The fourth-order valence-electron chi connectivity index (χ4n) is 5.89. The van der Waals surface area contributed by atoms with Gasteiger partial charge in [-0.3, -0.25) is 4.79 Å². The van der Waals surface area contributed by atoms with Crippen LogP contribution in [-0.2, 0) is 9.53 Å². The predicted octanol–water partition coefficient (Wildman–Crippen LogP) is 6.87. The Labute approximate surface area is 229 Å². The van der Waals surface area contributed by atoms with E-state index in [2.05, 4.69) is 53.2 Å². The summed E-state index contributed by atoms with van der Waals surface area (Å²) in [5.74, 6) is 2.26. The normalized spacial score (nSPS) is 20.2. The minimum absolute atomic E-state index is 0.0227. The third-order valence-corrected chi connectivity index (χ3v) is 9.12. The number of aryl methyl sites for hydroxylation is 1. The second kappa shape index (κ2) is 12.3. The molecule has 1 aliphatic heterocycles. The van der Waals surface area contributed by atoms with Crippen molar-refractivity contribution in [2.24, 2.45) is 11.8 Å². The van der Waals surface area contributed by atoms with Crippen LogP contribution in [0.4, 0.5) is 5.69 Å². The monoisotopic (exact) mass is 534 g/mol. The third kappa shape index (κ3) is 6.05. The summed E-state index contributed by atoms with van der Waals surface area (Å²) >= 11 is 1.52. The number of aromatic nitrogens is 1. The van der Waals surface area contributed by atoms with E-state index in [4.69, 9.17) is 14.2 Å². The fourth-order valence-corrected chi connectivity index (χ4v) is 6.62. The van der Waals surface area contributed by atoms with Gasteiger partial charge in [0, 0.05) is 37.6 Å². The summed E-state index contributed by atoms with van der Waals surface area (Å²) in [5, 5.41) is 0.643. The molecule has 7 heteroatoms. The average molecular weight is 535 g/mol. The van der Waals surface area contributed by atoms with E-state index in [9.17, 15) is 4.79 Å². The average Bonchev–Trinajstić information content (AvgIpc) is 3.46. The Morgan fingerprint density at radius 1 is 1.03 bits per heavy atom. The molecule has 202 valence electrons. The number of thiazole rings is 1. The van der Waals surface area contributed by atoms with E-state index < -0.39 is 0 Å². The molecule has 0 bridgehead atoms. The van der Waals surface area contributed by atoms with E-state index in [1.54, 1.807) is 14.2 Å². The summed E-state index contributed by atoms with van der Waals surface area (Å²) in [5.41, 5.74) is 4.63. The van der Waals surface area contributed by atoms with Crippen molar-refractivity contribution in [3.8, 4) is 21.4 Å². The second-order valence-electron chi connectivity index (χ2n) is 10.5. The van der Waals surface area contributed by atoms with Crippen LogP contribution < -0.4 is 14.4 Å². The SMILES string of the molecule is COc1ncc(-c2cccc(N(C[C@H]3CC[C@H](c4ccc(OC)c(C)c4)CC3)C(=O)C3CCOCC3)c2)s1. The number of rotatable bonds is 8. The number of ether oxygens (including phenoxy) is 3. The smallest absolute Gasteiger partial charge is 0.273 e. The molecule has 1 amide bonds. The van der Waals surface area contributed by atoms with Crippen LogP contribution in [-0.4, -0.2) is 44.9 Å². The molecule has 0 N–H and O–H groups in total.